The summed E-state index contributed by atoms with van der Waals surface area (Å²) in [5.41, 5.74) is 0.644. The maximum Gasteiger partial charge on any atom is 0.131 e. The van der Waals surface area contributed by atoms with Crippen molar-refractivity contribution in [3.63, 3.8) is 0 Å². The zero-order valence-electron chi connectivity index (χ0n) is 11.8. The minimum atomic E-state index is -0.197. The Morgan fingerprint density at radius 2 is 2.11 bits per heavy atom. The van der Waals surface area contributed by atoms with Gasteiger partial charge in [-0.3, -0.25) is 0 Å². The van der Waals surface area contributed by atoms with Gasteiger partial charge in [0.1, 0.15) is 11.6 Å². The van der Waals surface area contributed by atoms with E-state index in [1.54, 1.807) is 13.2 Å². The topological polar surface area (TPSA) is 21.3 Å². The number of nitrogens with one attached hydrogen (secondary N) is 1. The van der Waals surface area contributed by atoms with Crippen LogP contribution in [0.1, 0.15) is 44.7 Å². The molecule has 0 fully saturated rings. The van der Waals surface area contributed by atoms with Crippen molar-refractivity contribution in [1.29, 1.82) is 0 Å². The van der Waals surface area contributed by atoms with Crippen LogP contribution in [0.5, 0.6) is 5.75 Å². The number of methoxy groups -OCH3 is 1. The molecule has 0 aliphatic carbocycles. The number of benzene rings is 1. The molecule has 0 radical (unpaired) electrons. The molecule has 0 aliphatic rings. The number of rotatable bonds is 7. The quantitative estimate of drug-likeness (QED) is 0.795. The third-order valence-electron chi connectivity index (χ3n) is 3.35. The molecule has 0 saturated carbocycles. The van der Waals surface area contributed by atoms with Gasteiger partial charge in [-0.15, -0.1) is 0 Å². The van der Waals surface area contributed by atoms with Gasteiger partial charge in [0.15, 0.2) is 0 Å². The molecular weight excluding hydrogens is 229 g/mol. The van der Waals surface area contributed by atoms with Gasteiger partial charge in [-0.05, 0) is 31.5 Å². The number of hydrogen-bond acceptors (Lipinski definition) is 2. The second kappa shape index (κ2) is 7.37. The van der Waals surface area contributed by atoms with Crippen molar-refractivity contribution in [2.24, 2.45) is 5.92 Å². The molecule has 2 unspecified atom stereocenters. The third-order valence-corrected chi connectivity index (χ3v) is 3.35. The standard InChI is InChI=1S/C15H24FNO/c1-5-7-11(2)10-13(17-3)15-12(16)8-6-9-14(15)18-4/h6,8-9,11,13,17H,5,7,10H2,1-4H3. The predicted molar refractivity (Wildman–Crippen MR) is 73.4 cm³/mol. The van der Waals surface area contributed by atoms with E-state index in [9.17, 15) is 4.39 Å². The van der Waals surface area contributed by atoms with E-state index in [1.807, 2.05) is 13.1 Å². The summed E-state index contributed by atoms with van der Waals surface area (Å²) in [6, 6.07) is 4.99. The molecular formula is C15H24FNO. The van der Waals surface area contributed by atoms with Gasteiger partial charge in [0.2, 0.25) is 0 Å². The molecule has 0 aromatic heterocycles. The molecule has 2 atom stereocenters. The Hall–Kier alpha value is -1.09. The van der Waals surface area contributed by atoms with Crippen molar-refractivity contribution >= 4 is 0 Å². The highest BCUT2D eigenvalue weighted by Gasteiger charge is 2.20. The zero-order chi connectivity index (χ0) is 13.5. The van der Waals surface area contributed by atoms with Gasteiger partial charge in [0, 0.05) is 11.6 Å². The summed E-state index contributed by atoms with van der Waals surface area (Å²) in [4.78, 5) is 0. The van der Waals surface area contributed by atoms with Crippen LogP contribution in [0, 0.1) is 11.7 Å². The molecule has 0 bridgehead atoms. The van der Waals surface area contributed by atoms with Gasteiger partial charge in [-0.1, -0.05) is 32.8 Å². The van der Waals surface area contributed by atoms with E-state index in [0.29, 0.717) is 17.2 Å². The van der Waals surface area contributed by atoms with Crippen molar-refractivity contribution < 1.29 is 9.13 Å². The summed E-state index contributed by atoms with van der Waals surface area (Å²) in [7, 11) is 3.45. The Morgan fingerprint density at radius 3 is 2.67 bits per heavy atom. The maximum atomic E-state index is 14.0. The van der Waals surface area contributed by atoms with Crippen molar-refractivity contribution in [1.82, 2.24) is 5.32 Å². The van der Waals surface area contributed by atoms with Crippen LogP contribution in [0.2, 0.25) is 0 Å². The Labute approximate surface area is 110 Å². The van der Waals surface area contributed by atoms with E-state index in [-0.39, 0.29) is 11.9 Å². The maximum absolute atomic E-state index is 14.0. The SMILES string of the molecule is CCCC(C)CC(NC)c1c(F)cccc1OC. The summed E-state index contributed by atoms with van der Waals surface area (Å²) < 4.78 is 19.3. The van der Waals surface area contributed by atoms with E-state index >= 15 is 0 Å². The first-order valence-electron chi connectivity index (χ1n) is 6.63. The number of halogens is 1. The summed E-state index contributed by atoms with van der Waals surface area (Å²) >= 11 is 0. The van der Waals surface area contributed by atoms with Crippen LogP contribution in [0.25, 0.3) is 0 Å². The molecule has 18 heavy (non-hydrogen) atoms. The second-order valence-electron chi connectivity index (χ2n) is 4.83. The van der Waals surface area contributed by atoms with Crippen molar-refractivity contribution in [3.8, 4) is 5.75 Å². The van der Waals surface area contributed by atoms with Gasteiger partial charge in [-0.2, -0.15) is 0 Å². The third kappa shape index (κ3) is 3.70. The first-order valence-corrected chi connectivity index (χ1v) is 6.63. The van der Waals surface area contributed by atoms with Crippen LogP contribution in [-0.4, -0.2) is 14.2 Å². The summed E-state index contributed by atoms with van der Waals surface area (Å²) in [5.74, 6) is 0.993. The fourth-order valence-corrected chi connectivity index (χ4v) is 2.43. The predicted octanol–water partition coefficient (Wildman–Crippen LogP) is 3.92. The highest BCUT2D eigenvalue weighted by molar-refractivity contribution is 5.37. The highest BCUT2D eigenvalue weighted by atomic mass is 19.1. The summed E-state index contributed by atoms with van der Waals surface area (Å²) in [5, 5.41) is 3.20. The van der Waals surface area contributed by atoms with Crippen LogP contribution in [-0.2, 0) is 0 Å². The van der Waals surface area contributed by atoms with Crippen molar-refractivity contribution in [3.05, 3.63) is 29.6 Å². The average molecular weight is 253 g/mol. The highest BCUT2D eigenvalue weighted by Crippen LogP contribution is 2.32. The molecule has 1 aromatic carbocycles. The molecule has 1 N–H and O–H groups in total. The average Bonchev–Trinajstić information content (AvgIpc) is 2.36. The van der Waals surface area contributed by atoms with Gasteiger partial charge in [0.25, 0.3) is 0 Å². The molecule has 0 heterocycles. The number of hydrogen-bond donors (Lipinski definition) is 1. The first-order chi connectivity index (χ1) is 8.63. The lowest BCUT2D eigenvalue weighted by atomic mass is 9.92. The Bertz CT molecular complexity index is 368. The van der Waals surface area contributed by atoms with E-state index in [0.717, 1.165) is 19.3 Å². The number of ether oxygens (including phenoxy) is 1. The lowest BCUT2D eigenvalue weighted by molar-refractivity contribution is 0.365. The molecule has 0 aliphatic heterocycles. The Morgan fingerprint density at radius 1 is 1.39 bits per heavy atom. The molecule has 1 rings (SSSR count). The van der Waals surface area contributed by atoms with E-state index in [1.165, 1.54) is 6.07 Å². The van der Waals surface area contributed by atoms with Crippen LogP contribution < -0.4 is 10.1 Å². The van der Waals surface area contributed by atoms with E-state index < -0.39 is 0 Å². The molecule has 3 heteroatoms. The molecule has 0 spiro atoms. The second-order valence-corrected chi connectivity index (χ2v) is 4.83. The largest absolute Gasteiger partial charge is 0.496 e. The van der Waals surface area contributed by atoms with E-state index in [4.69, 9.17) is 4.74 Å². The van der Waals surface area contributed by atoms with Gasteiger partial charge in [-0.25, -0.2) is 4.39 Å². The Balaban J connectivity index is 2.94. The van der Waals surface area contributed by atoms with Crippen LogP contribution in [0.4, 0.5) is 4.39 Å². The normalized spacial score (nSPS) is 14.3. The van der Waals surface area contributed by atoms with Crippen molar-refractivity contribution in [2.45, 2.75) is 39.2 Å². The zero-order valence-corrected chi connectivity index (χ0v) is 11.8. The lowest BCUT2D eigenvalue weighted by Crippen LogP contribution is -2.21. The van der Waals surface area contributed by atoms with Crippen molar-refractivity contribution in [2.75, 3.05) is 14.2 Å². The monoisotopic (exact) mass is 253 g/mol. The minimum Gasteiger partial charge on any atom is -0.496 e. The van der Waals surface area contributed by atoms with E-state index in [2.05, 4.69) is 19.2 Å². The van der Waals surface area contributed by atoms with Gasteiger partial charge in [0.05, 0.1) is 7.11 Å². The molecule has 102 valence electrons. The smallest absolute Gasteiger partial charge is 0.131 e. The molecule has 0 amide bonds. The van der Waals surface area contributed by atoms with Crippen LogP contribution >= 0.6 is 0 Å². The molecule has 2 nitrogen and oxygen atoms in total. The fraction of sp³-hybridized carbons (Fsp3) is 0.600. The van der Waals surface area contributed by atoms with Crippen LogP contribution in [0.15, 0.2) is 18.2 Å². The molecule has 0 saturated heterocycles. The minimum absolute atomic E-state index is 0.00250. The van der Waals surface area contributed by atoms with Crippen LogP contribution in [0.3, 0.4) is 0 Å². The van der Waals surface area contributed by atoms with Gasteiger partial charge < -0.3 is 10.1 Å². The molecule has 1 aromatic rings. The summed E-state index contributed by atoms with van der Waals surface area (Å²) in [6.07, 6.45) is 3.24. The first kappa shape index (κ1) is 15.0. The summed E-state index contributed by atoms with van der Waals surface area (Å²) in [6.45, 7) is 4.38. The fourth-order valence-electron chi connectivity index (χ4n) is 2.43. The van der Waals surface area contributed by atoms with Gasteiger partial charge >= 0.3 is 0 Å². The lowest BCUT2D eigenvalue weighted by Gasteiger charge is -2.23. The Kier molecular flexibility index (Phi) is 6.13.